The zero-order valence-corrected chi connectivity index (χ0v) is 9.73. The van der Waals surface area contributed by atoms with Gasteiger partial charge in [-0.05, 0) is 24.6 Å². The van der Waals surface area contributed by atoms with Gasteiger partial charge < -0.3 is 9.84 Å². The zero-order valence-electron chi connectivity index (χ0n) is 9.73. The summed E-state index contributed by atoms with van der Waals surface area (Å²) < 4.78 is 4.98. The summed E-state index contributed by atoms with van der Waals surface area (Å²) in [4.78, 5) is 11.3. The van der Waals surface area contributed by atoms with Gasteiger partial charge in [0.1, 0.15) is 0 Å². The Hall–Kier alpha value is -2.04. The molecule has 17 heavy (non-hydrogen) atoms. The Morgan fingerprint density at radius 2 is 2.29 bits per heavy atom. The first-order valence-electron chi connectivity index (χ1n) is 5.26. The number of benzene rings is 1. The Balaban J connectivity index is 2.40. The molecule has 2 rings (SSSR count). The fraction of sp³-hybridized carbons (Fsp3) is 0.333. The van der Waals surface area contributed by atoms with Gasteiger partial charge in [-0.1, -0.05) is 6.07 Å². The van der Waals surface area contributed by atoms with Crippen molar-refractivity contribution in [2.75, 3.05) is 7.11 Å². The number of hydrazone groups is 1. The number of carbonyl (C=O) groups is 1. The molecule has 0 spiro atoms. The third-order valence-electron chi connectivity index (χ3n) is 2.90. The summed E-state index contributed by atoms with van der Waals surface area (Å²) in [6.07, 6.45) is 1.98. The number of nitrogens with zero attached hydrogens (tertiary/aromatic N) is 1. The number of rotatable bonds is 2. The fourth-order valence-electron chi connectivity index (χ4n) is 1.89. The molecule has 1 unspecified atom stereocenters. The molecular weight excluding hydrogens is 220 g/mol. The standard InChI is InChI=1S/C12H14N2O3/c1-12(6-11(16)14-13-7-12)8-3-4-10(17-2)9(15)5-8/h3-5,7,15H,6H2,1-2H3,(H,14,16). The van der Waals surface area contributed by atoms with Crippen molar-refractivity contribution < 1.29 is 14.6 Å². The number of nitrogens with one attached hydrogen (secondary N) is 1. The van der Waals surface area contributed by atoms with E-state index in [-0.39, 0.29) is 11.7 Å². The number of aromatic hydroxyl groups is 1. The maximum atomic E-state index is 11.3. The van der Waals surface area contributed by atoms with E-state index in [0.717, 1.165) is 5.56 Å². The first-order chi connectivity index (χ1) is 8.05. The zero-order chi connectivity index (χ0) is 12.5. The van der Waals surface area contributed by atoms with Crippen LogP contribution in [0.2, 0.25) is 0 Å². The number of carbonyl (C=O) groups excluding carboxylic acids is 1. The number of phenols is 1. The van der Waals surface area contributed by atoms with E-state index < -0.39 is 5.41 Å². The summed E-state index contributed by atoms with van der Waals surface area (Å²) in [6.45, 7) is 1.90. The molecule has 1 aromatic carbocycles. The summed E-state index contributed by atoms with van der Waals surface area (Å²) >= 11 is 0. The lowest BCUT2D eigenvalue weighted by Crippen LogP contribution is -2.37. The van der Waals surface area contributed by atoms with Crippen molar-refractivity contribution in [2.45, 2.75) is 18.8 Å². The molecule has 0 fully saturated rings. The number of hydrogen-bond acceptors (Lipinski definition) is 4. The van der Waals surface area contributed by atoms with Crippen LogP contribution in [0.3, 0.4) is 0 Å². The van der Waals surface area contributed by atoms with Crippen molar-refractivity contribution in [3.05, 3.63) is 23.8 Å². The van der Waals surface area contributed by atoms with Gasteiger partial charge in [0.05, 0.1) is 7.11 Å². The second-order valence-corrected chi connectivity index (χ2v) is 4.27. The smallest absolute Gasteiger partial charge is 0.241 e. The maximum Gasteiger partial charge on any atom is 0.241 e. The highest BCUT2D eigenvalue weighted by atomic mass is 16.5. The third kappa shape index (κ3) is 2.08. The number of methoxy groups -OCH3 is 1. The van der Waals surface area contributed by atoms with E-state index in [0.29, 0.717) is 12.2 Å². The Labute approximate surface area is 99.1 Å². The molecule has 1 aliphatic heterocycles. The van der Waals surface area contributed by atoms with Crippen molar-refractivity contribution in [3.63, 3.8) is 0 Å². The average molecular weight is 234 g/mol. The van der Waals surface area contributed by atoms with Crippen LogP contribution in [0.25, 0.3) is 0 Å². The molecule has 2 N–H and O–H groups in total. The molecule has 1 heterocycles. The minimum atomic E-state index is -0.494. The van der Waals surface area contributed by atoms with Crippen molar-refractivity contribution in [2.24, 2.45) is 5.10 Å². The predicted octanol–water partition coefficient (Wildman–Crippen LogP) is 1.16. The second kappa shape index (κ2) is 4.08. The molecule has 0 saturated carbocycles. The van der Waals surface area contributed by atoms with Gasteiger partial charge in [0.15, 0.2) is 11.5 Å². The van der Waals surface area contributed by atoms with Gasteiger partial charge in [-0.2, -0.15) is 5.10 Å². The van der Waals surface area contributed by atoms with E-state index in [2.05, 4.69) is 10.5 Å². The van der Waals surface area contributed by atoms with Crippen LogP contribution >= 0.6 is 0 Å². The van der Waals surface area contributed by atoms with Crippen LogP contribution < -0.4 is 10.2 Å². The summed E-state index contributed by atoms with van der Waals surface area (Å²) in [7, 11) is 1.49. The van der Waals surface area contributed by atoms with Crippen LogP contribution in [0.4, 0.5) is 0 Å². The van der Waals surface area contributed by atoms with Crippen molar-refractivity contribution in [1.29, 1.82) is 0 Å². The van der Waals surface area contributed by atoms with Crippen molar-refractivity contribution in [1.82, 2.24) is 5.43 Å². The van der Waals surface area contributed by atoms with Crippen LogP contribution in [0, 0.1) is 0 Å². The predicted molar refractivity (Wildman–Crippen MR) is 63.3 cm³/mol. The van der Waals surface area contributed by atoms with Gasteiger partial charge in [-0.25, -0.2) is 5.43 Å². The average Bonchev–Trinajstić information content (AvgIpc) is 2.28. The van der Waals surface area contributed by atoms with Crippen LogP contribution in [-0.2, 0) is 10.2 Å². The Bertz CT molecular complexity index is 485. The third-order valence-corrected chi connectivity index (χ3v) is 2.90. The van der Waals surface area contributed by atoms with E-state index in [1.807, 2.05) is 13.0 Å². The van der Waals surface area contributed by atoms with Gasteiger partial charge in [-0.3, -0.25) is 4.79 Å². The van der Waals surface area contributed by atoms with E-state index in [1.165, 1.54) is 7.11 Å². The number of amides is 1. The van der Waals surface area contributed by atoms with Crippen LogP contribution in [-0.4, -0.2) is 24.3 Å². The summed E-state index contributed by atoms with van der Waals surface area (Å²) in [5.74, 6) is 0.338. The first kappa shape index (κ1) is 11.4. The van der Waals surface area contributed by atoms with Crippen LogP contribution in [0.5, 0.6) is 11.5 Å². The summed E-state index contributed by atoms with van der Waals surface area (Å²) in [6, 6.07) is 5.10. The topological polar surface area (TPSA) is 70.9 Å². The number of ether oxygens (including phenoxy) is 1. The Morgan fingerprint density at radius 1 is 1.53 bits per heavy atom. The van der Waals surface area contributed by atoms with E-state index in [9.17, 15) is 9.90 Å². The lowest BCUT2D eigenvalue weighted by Gasteiger charge is -2.27. The molecule has 1 amide bonds. The van der Waals surface area contributed by atoms with Gasteiger partial charge >= 0.3 is 0 Å². The molecule has 0 saturated heterocycles. The maximum absolute atomic E-state index is 11.3. The normalized spacial score (nSPS) is 23.3. The molecule has 1 aromatic rings. The van der Waals surface area contributed by atoms with Gasteiger partial charge in [0.25, 0.3) is 0 Å². The van der Waals surface area contributed by atoms with Crippen molar-refractivity contribution in [3.8, 4) is 11.5 Å². The van der Waals surface area contributed by atoms with Gasteiger partial charge in [0, 0.05) is 18.1 Å². The minimum Gasteiger partial charge on any atom is -0.504 e. The molecule has 0 radical (unpaired) electrons. The van der Waals surface area contributed by atoms with E-state index >= 15 is 0 Å². The largest absolute Gasteiger partial charge is 0.504 e. The summed E-state index contributed by atoms with van der Waals surface area (Å²) in [5, 5.41) is 13.6. The highest BCUT2D eigenvalue weighted by molar-refractivity contribution is 5.89. The molecule has 1 aliphatic rings. The fourth-order valence-corrected chi connectivity index (χ4v) is 1.89. The molecule has 1 atom stereocenters. The molecule has 0 aromatic heterocycles. The molecule has 5 heteroatoms. The lowest BCUT2D eigenvalue weighted by atomic mass is 9.79. The monoisotopic (exact) mass is 234 g/mol. The van der Waals surface area contributed by atoms with Crippen LogP contribution in [0.15, 0.2) is 23.3 Å². The van der Waals surface area contributed by atoms with Crippen LogP contribution in [0.1, 0.15) is 18.9 Å². The van der Waals surface area contributed by atoms with Gasteiger partial charge in [-0.15, -0.1) is 0 Å². The van der Waals surface area contributed by atoms with Crippen molar-refractivity contribution >= 4 is 12.1 Å². The Morgan fingerprint density at radius 3 is 2.88 bits per heavy atom. The molecule has 90 valence electrons. The number of phenolic OH excluding ortho intramolecular Hbond substituents is 1. The van der Waals surface area contributed by atoms with E-state index in [1.54, 1.807) is 18.3 Å². The first-order valence-corrected chi connectivity index (χ1v) is 5.26. The summed E-state index contributed by atoms with van der Waals surface area (Å²) in [5.41, 5.74) is 2.72. The highest BCUT2D eigenvalue weighted by Crippen LogP contribution is 2.34. The minimum absolute atomic E-state index is 0.0607. The van der Waals surface area contributed by atoms with Gasteiger partial charge in [0.2, 0.25) is 5.91 Å². The molecule has 0 aliphatic carbocycles. The number of hydrogen-bond donors (Lipinski definition) is 2. The molecular formula is C12H14N2O3. The Kier molecular flexibility index (Phi) is 2.75. The second-order valence-electron chi connectivity index (χ2n) is 4.27. The van der Waals surface area contributed by atoms with E-state index in [4.69, 9.17) is 4.74 Å². The molecule has 5 nitrogen and oxygen atoms in total. The lowest BCUT2D eigenvalue weighted by molar-refractivity contribution is -0.122. The molecule has 0 bridgehead atoms. The quantitative estimate of drug-likeness (QED) is 0.806. The SMILES string of the molecule is COc1ccc(C2(C)C=NNC(=O)C2)cc1O. The highest BCUT2D eigenvalue weighted by Gasteiger charge is 2.31.